The Morgan fingerprint density at radius 2 is 2.43 bits per heavy atom. The van der Waals surface area contributed by atoms with E-state index in [0.29, 0.717) is 0 Å². The number of esters is 1. The van der Waals surface area contributed by atoms with Crippen molar-refractivity contribution < 1.29 is 9.53 Å². The third-order valence-electron chi connectivity index (χ3n) is 2.65. The molecule has 0 spiro atoms. The van der Waals surface area contributed by atoms with Crippen LogP contribution in [0.2, 0.25) is 0 Å². The molecule has 0 radical (unpaired) electrons. The Morgan fingerprint density at radius 1 is 1.64 bits per heavy atom. The molecule has 0 aromatic carbocycles. The summed E-state index contributed by atoms with van der Waals surface area (Å²) in [5.74, 6) is 1.21. The average molecular weight is 217 g/mol. The number of piperidine rings is 1. The number of carbonyl (C=O) groups excluding carboxylic acids is 1. The van der Waals surface area contributed by atoms with E-state index in [2.05, 4.69) is 11.2 Å². The quantitative estimate of drug-likeness (QED) is 0.663. The fourth-order valence-corrected chi connectivity index (χ4v) is 2.28. The van der Waals surface area contributed by atoms with E-state index in [4.69, 9.17) is 4.74 Å². The van der Waals surface area contributed by atoms with Gasteiger partial charge in [-0.2, -0.15) is 11.8 Å². The average Bonchev–Trinajstić information content (AvgIpc) is 2.25. The van der Waals surface area contributed by atoms with Crippen LogP contribution in [0.25, 0.3) is 0 Å². The Balaban J connectivity index is 2.31. The summed E-state index contributed by atoms with van der Waals surface area (Å²) in [5.41, 5.74) is 0. The Hall–Kier alpha value is -0.220. The second-order valence-corrected chi connectivity index (χ2v) is 4.64. The highest BCUT2D eigenvalue weighted by Crippen LogP contribution is 2.17. The number of thioether (sulfide) groups is 1. The minimum absolute atomic E-state index is 0.0427. The maximum Gasteiger partial charge on any atom is 0.309 e. The minimum atomic E-state index is -0.0427. The maximum atomic E-state index is 11.3. The highest BCUT2D eigenvalue weighted by molar-refractivity contribution is 7.98. The molecule has 1 atom stereocenters. The van der Waals surface area contributed by atoms with Crippen molar-refractivity contribution in [3.8, 4) is 0 Å². The van der Waals surface area contributed by atoms with E-state index in [1.807, 2.05) is 11.8 Å². The third-order valence-corrected chi connectivity index (χ3v) is 3.24. The fraction of sp³-hybridized carbons (Fsp3) is 0.900. The molecule has 1 aliphatic heterocycles. The summed E-state index contributed by atoms with van der Waals surface area (Å²) in [6.45, 7) is 3.11. The molecule has 0 amide bonds. The van der Waals surface area contributed by atoms with Gasteiger partial charge in [-0.05, 0) is 25.6 Å². The van der Waals surface area contributed by atoms with E-state index in [1.165, 1.54) is 7.11 Å². The zero-order valence-corrected chi connectivity index (χ0v) is 9.81. The van der Waals surface area contributed by atoms with Gasteiger partial charge in [-0.15, -0.1) is 0 Å². The van der Waals surface area contributed by atoms with Crippen molar-refractivity contribution in [1.29, 1.82) is 0 Å². The predicted octanol–water partition coefficient (Wildman–Crippen LogP) is 1.23. The summed E-state index contributed by atoms with van der Waals surface area (Å²) in [7, 11) is 1.48. The van der Waals surface area contributed by atoms with Gasteiger partial charge in [0.25, 0.3) is 0 Å². The SMILES string of the molecule is COC(=O)C1CCCN(CCSC)C1. The van der Waals surface area contributed by atoms with E-state index in [9.17, 15) is 4.79 Å². The maximum absolute atomic E-state index is 11.3. The number of rotatable bonds is 4. The lowest BCUT2D eigenvalue weighted by Gasteiger charge is -2.30. The van der Waals surface area contributed by atoms with Crippen molar-refractivity contribution in [3.05, 3.63) is 0 Å². The molecule has 4 heteroatoms. The second kappa shape index (κ2) is 6.30. The highest BCUT2D eigenvalue weighted by Gasteiger charge is 2.25. The number of likely N-dealkylation sites (tertiary alicyclic amines) is 1. The summed E-state index contributed by atoms with van der Waals surface area (Å²) < 4.78 is 4.77. The monoisotopic (exact) mass is 217 g/mol. The van der Waals surface area contributed by atoms with E-state index in [-0.39, 0.29) is 11.9 Å². The van der Waals surface area contributed by atoms with Crippen molar-refractivity contribution in [1.82, 2.24) is 4.90 Å². The lowest BCUT2D eigenvalue weighted by Crippen LogP contribution is -2.40. The molecule has 0 aromatic heterocycles. The van der Waals surface area contributed by atoms with Crippen molar-refractivity contribution in [3.63, 3.8) is 0 Å². The Kier molecular flexibility index (Phi) is 5.33. The summed E-state index contributed by atoms with van der Waals surface area (Å²) in [6.07, 6.45) is 4.22. The third kappa shape index (κ3) is 3.50. The fourth-order valence-electron chi connectivity index (χ4n) is 1.84. The van der Waals surface area contributed by atoms with Gasteiger partial charge in [0, 0.05) is 18.8 Å². The van der Waals surface area contributed by atoms with Crippen molar-refractivity contribution in [2.75, 3.05) is 38.8 Å². The molecule has 1 aliphatic rings. The van der Waals surface area contributed by atoms with E-state index in [1.54, 1.807) is 0 Å². The van der Waals surface area contributed by atoms with Crippen LogP contribution >= 0.6 is 11.8 Å². The number of nitrogens with zero attached hydrogens (tertiary/aromatic N) is 1. The molecule has 1 rings (SSSR count). The van der Waals surface area contributed by atoms with Crippen LogP contribution in [-0.2, 0) is 9.53 Å². The van der Waals surface area contributed by atoms with E-state index in [0.717, 1.165) is 38.2 Å². The molecule has 0 bridgehead atoms. The molecule has 0 N–H and O–H groups in total. The first-order chi connectivity index (χ1) is 6.77. The Bertz CT molecular complexity index is 187. The molecule has 1 saturated heterocycles. The minimum Gasteiger partial charge on any atom is -0.469 e. The molecule has 0 aliphatic carbocycles. The largest absolute Gasteiger partial charge is 0.469 e. The van der Waals surface area contributed by atoms with Crippen molar-refractivity contribution in [2.24, 2.45) is 5.92 Å². The normalized spacial score (nSPS) is 23.4. The van der Waals surface area contributed by atoms with Crippen LogP contribution < -0.4 is 0 Å². The number of ether oxygens (including phenoxy) is 1. The van der Waals surface area contributed by atoms with Crippen LogP contribution in [-0.4, -0.2) is 49.6 Å². The first kappa shape index (κ1) is 11.9. The highest BCUT2D eigenvalue weighted by atomic mass is 32.2. The van der Waals surface area contributed by atoms with Crippen molar-refractivity contribution >= 4 is 17.7 Å². The topological polar surface area (TPSA) is 29.5 Å². The van der Waals surface area contributed by atoms with Gasteiger partial charge in [0.1, 0.15) is 0 Å². The Morgan fingerprint density at radius 3 is 3.07 bits per heavy atom. The van der Waals surface area contributed by atoms with Gasteiger partial charge in [0.2, 0.25) is 0 Å². The summed E-state index contributed by atoms with van der Waals surface area (Å²) in [5, 5.41) is 0. The van der Waals surface area contributed by atoms with Gasteiger partial charge in [-0.1, -0.05) is 0 Å². The molecular formula is C10H19NO2S. The molecule has 82 valence electrons. The zero-order valence-electron chi connectivity index (χ0n) is 8.99. The van der Waals surface area contributed by atoms with Crippen LogP contribution in [0, 0.1) is 5.92 Å². The van der Waals surface area contributed by atoms with Gasteiger partial charge in [-0.25, -0.2) is 0 Å². The van der Waals surface area contributed by atoms with Crippen LogP contribution in [0.5, 0.6) is 0 Å². The molecule has 1 unspecified atom stereocenters. The van der Waals surface area contributed by atoms with Gasteiger partial charge in [0.05, 0.1) is 13.0 Å². The second-order valence-electron chi connectivity index (χ2n) is 3.66. The standard InChI is InChI=1S/C10H19NO2S/c1-13-10(12)9-4-3-5-11(8-9)6-7-14-2/h9H,3-8H2,1-2H3. The number of carbonyl (C=O) groups is 1. The number of hydrogen-bond acceptors (Lipinski definition) is 4. The van der Waals surface area contributed by atoms with Crippen LogP contribution in [0.3, 0.4) is 0 Å². The molecule has 0 aromatic rings. The summed E-state index contributed by atoms with van der Waals surface area (Å²) in [6, 6.07) is 0. The van der Waals surface area contributed by atoms with Crippen LogP contribution in [0.1, 0.15) is 12.8 Å². The lowest BCUT2D eigenvalue weighted by molar-refractivity contribution is -0.147. The number of methoxy groups -OCH3 is 1. The van der Waals surface area contributed by atoms with E-state index < -0.39 is 0 Å². The molecule has 14 heavy (non-hydrogen) atoms. The first-order valence-electron chi connectivity index (χ1n) is 5.07. The first-order valence-corrected chi connectivity index (χ1v) is 6.46. The predicted molar refractivity (Wildman–Crippen MR) is 59.6 cm³/mol. The molecule has 3 nitrogen and oxygen atoms in total. The smallest absolute Gasteiger partial charge is 0.309 e. The van der Waals surface area contributed by atoms with Gasteiger partial charge in [0.15, 0.2) is 0 Å². The van der Waals surface area contributed by atoms with Gasteiger partial charge < -0.3 is 9.64 Å². The molecule has 1 fully saturated rings. The summed E-state index contributed by atoms with van der Waals surface area (Å²) in [4.78, 5) is 13.7. The number of hydrogen-bond donors (Lipinski definition) is 0. The van der Waals surface area contributed by atoms with Crippen LogP contribution in [0.15, 0.2) is 0 Å². The van der Waals surface area contributed by atoms with Gasteiger partial charge >= 0.3 is 5.97 Å². The Labute approximate surface area is 90.2 Å². The molecular weight excluding hydrogens is 198 g/mol. The van der Waals surface area contributed by atoms with Crippen LogP contribution in [0.4, 0.5) is 0 Å². The lowest BCUT2D eigenvalue weighted by atomic mass is 9.98. The van der Waals surface area contributed by atoms with Crippen molar-refractivity contribution in [2.45, 2.75) is 12.8 Å². The zero-order chi connectivity index (χ0) is 10.4. The van der Waals surface area contributed by atoms with E-state index >= 15 is 0 Å². The molecule has 0 saturated carbocycles. The van der Waals surface area contributed by atoms with Gasteiger partial charge in [-0.3, -0.25) is 4.79 Å². The molecule has 1 heterocycles. The summed E-state index contributed by atoms with van der Waals surface area (Å²) >= 11 is 1.85.